The van der Waals surface area contributed by atoms with Gasteiger partial charge in [0.05, 0.1) is 27.8 Å². The van der Waals surface area contributed by atoms with E-state index in [0.717, 1.165) is 81.5 Å². The van der Waals surface area contributed by atoms with Gasteiger partial charge < -0.3 is 15.0 Å². The summed E-state index contributed by atoms with van der Waals surface area (Å²) in [5.74, 6) is 0.406. The molecule has 2 aromatic heterocycles. The Kier molecular flexibility index (Phi) is 9.01. The second kappa shape index (κ2) is 12.2. The highest BCUT2D eigenvalue weighted by molar-refractivity contribution is 6.16. The number of rotatable bonds is 10. The lowest BCUT2D eigenvalue weighted by atomic mass is 10.0. The highest BCUT2D eigenvalue weighted by Crippen LogP contribution is 2.39. The Morgan fingerprint density at radius 3 is 1.92 bits per heavy atom. The van der Waals surface area contributed by atoms with E-state index >= 15 is 0 Å². The number of anilines is 2. The smallest absolute Gasteiger partial charge is 0.124 e. The standard InChI is InChI=1S/C32H39N5O.ClH/c1-6-36(7-2)20-22-18-24(19-23(32(22)38)21-37(8-3)9-4)33-29-25-14-10-12-16-27(25)34-30-26-15-11-13-17-28(26)35(5)31(29)30;/h10-19,38H,6-9,20-21H2,1-5H3,(H,33,34);1H. The van der Waals surface area contributed by atoms with Crippen LogP contribution in [-0.4, -0.2) is 50.6 Å². The Morgan fingerprint density at radius 1 is 0.795 bits per heavy atom. The predicted octanol–water partition coefficient (Wildman–Crippen LogP) is 7.43. The molecular formula is C32H40ClN5O. The zero-order valence-corrected chi connectivity index (χ0v) is 24.5. The molecular weight excluding hydrogens is 506 g/mol. The van der Waals surface area contributed by atoms with E-state index < -0.39 is 0 Å². The number of benzene rings is 3. The fourth-order valence-corrected chi connectivity index (χ4v) is 5.52. The van der Waals surface area contributed by atoms with Crippen LogP contribution in [0.2, 0.25) is 0 Å². The van der Waals surface area contributed by atoms with Crippen LogP contribution in [0, 0.1) is 0 Å². The van der Waals surface area contributed by atoms with Gasteiger partial charge in [0.1, 0.15) is 5.75 Å². The number of halogens is 1. The molecule has 6 nitrogen and oxygen atoms in total. The topological polar surface area (TPSA) is 56.6 Å². The van der Waals surface area contributed by atoms with Crippen molar-refractivity contribution in [3.63, 3.8) is 0 Å². The molecule has 2 N–H and O–H groups in total. The number of phenols is 1. The van der Waals surface area contributed by atoms with Crippen molar-refractivity contribution in [3.05, 3.63) is 71.8 Å². The van der Waals surface area contributed by atoms with Crippen molar-refractivity contribution in [2.45, 2.75) is 40.8 Å². The third-order valence-electron chi connectivity index (χ3n) is 7.84. The van der Waals surface area contributed by atoms with Crippen LogP contribution in [0.15, 0.2) is 60.7 Å². The van der Waals surface area contributed by atoms with Gasteiger partial charge in [0.25, 0.3) is 0 Å². The summed E-state index contributed by atoms with van der Waals surface area (Å²) in [6, 6.07) is 21.0. The summed E-state index contributed by atoms with van der Waals surface area (Å²) in [5, 5.41) is 17.4. The average Bonchev–Trinajstić information content (AvgIpc) is 3.23. The Hall–Kier alpha value is -3.32. The van der Waals surface area contributed by atoms with Crippen molar-refractivity contribution in [1.82, 2.24) is 19.4 Å². The fourth-order valence-electron chi connectivity index (χ4n) is 5.52. The van der Waals surface area contributed by atoms with Crippen LogP contribution < -0.4 is 5.32 Å². The summed E-state index contributed by atoms with van der Waals surface area (Å²) in [7, 11) is 2.11. The van der Waals surface area contributed by atoms with Gasteiger partial charge in [0, 0.05) is 47.7 Å². The van der Waals surface area contributed by atoms with Gasteiger partial charge in [-0.3, -0.25) is 9.80 Å². The second-order valence-electron chi connectivity index (χ2n) is 9.97. The number of aromatic nitrogens is 2. The molecule has 0 amide bonds. The molecule has 2 heterocycles. The summed E-state index contributed by atoms with van der Waals surface area (Å²) in [6.45, 7) is 13.8. The molecule has 0 aliphatic rings. The molecule has 3 aromatic carbocycles. The lowest BCUT2D eigenvalue weighted by Gasteiger charge is -2.24. The first-order valence-corrected chi connectivity index (χ1v) is 13.8. The maximum absolute atomic E-state index is 11.3. The van der Waals surface area contributed by atoms with Gasteiger partial charge in [-0.25, -0.2) is 4.98 Å². The third-order valence-corrected chi connectivity index (χ3v) is 7.84. The Labute approximate surface area is 237 Å². The SMILES string of the molecule is CCN(CC)Cc1cc(Nc2c3ccccc3nc3c4ccccc4n(C)c23)cc(CN(CC)CC)c1O.Cl. The molecule has 0 spiro atoms. The first kappa shape index (κ1) is 28.7. The molecule has 0 saturated heterocycles. The number of nitrogens with one attached hydrogen (secondary N) is 1. The molecule has 0 fully saturated rings. The van der Waals surface area contributed by atoms with E-state index in [-0.39, 0.29) is 12.4 Å². The highest BCUT2D eigenvalue weighted by Gasteiger charge is 2.19. The quantitative estimate of drug-likeness (QED) is 0.179. The van der Waals surface area contributed by atoms with Crippen LogP contribution in [0.25, 0.3) is 32.8 Å². The van der Waals surface area contributed by atoms with Crippen LogP contribution in [0.1, 0.15) is 38.8 Å². The number of pyridine rings is 1. The number of fused-ring (bicyclic) bond motifs is 4. The first-order chi connectivity index (χ1) is 18.5. The van der Waals surface area contributed by atoms with E-state index in [9.17, 15) is 5.11 Å². The molecule has 0 saturated carbocycles. The van der Waals surface area contributed by atoms with Crippen LogP contribution in [0.5, 0.6) is 5.75 Å². The van der Waals surface area contributed by atoms with Gasteiger partial charge in [-0.05, 0) is 50.4 Å². The molecule has 0 unspecified atom stereocenters. The maximum atomic E-state index is 11.3. The molecule has 5 rings (SSSR count). The van der Waals surface area contributed by atoms with E-state index in [0.29, 0.717) is 18.8 Å². The second-order valence-corrected chi connectivity index (χ2v) is 9.97. The molecule has 0 aliphatic heterocycles. The summed E-state index contributed by atoms with van der Waals surface area (Å²) < 4.78 is 2.24. The Balaban J connectivity index is 0.00000353. The third kappa shape index (κ3) is 5.42. The molecule has 0 radical (unpaired) electrons. The predicted molar refractivity (Wildman–Crippen MR) is 168 cm³/mol. The number of hydrogen-bond donors (Lipinski definition) is 2. The Bertz CT molecular complexity index is 1550. The monoisotopic (exact) mass is 545 g/mol. The van der Waals surface area contributed by atoms with Gasteiger partial charge in [0.2, 0.25) is 0 Å². The van der Waals surface area contributed by atoms with Crippen molar-refractivity contribution in [3.8, 4) is 5.75 Å². The summed E-state index contributed by atoms with van der Waals surface area (Å²) in [4.78, 5) is 9.76. The van der Waals surface area contributed by atoms with Crippen LogP contribution >= 0.6 is 12.4 Å². The van der Waals surface area contributed by atoms with Gasteiger partial charge in [-0.2, -0.15) is 0 Å². The van der Waals surface area contributed by atoms with Crippen molar-refractivity contribution >= 4 is 56.6 Å². The van der Waals surface area contributed by atoms with Crippen molar-refractivity contribution in [1.29, 1.82) is 0 Å². The van der Waals surface area contributed by atoms with Crippen LogP contribution in [-0.2, 0) is 20.1 Å². The number of phenolic OH excluding ortho intramolecular Hbond substituents is 1. The summed E-state index contributed by atoms with van der Waals surface area (Å²) in [6.07, 6.45) is 0. The van der Waals surface area contributed by atoms with E-state index in [1.165, 1.54) is 0 Å². The van der Waals surface area contributed by atoms with Crippen molar-refractivity contribution in [2.24, 2.45) is 7.05 Å². The number of hydrogen-bond acceptors (Lipinski definition) is 5. The average molecular weight is 546 g/mol. The Morgan fingerprint density at radius 2 is 1.33 bits per heavy atom. The first-order valence-electron chi connectivity index (χ1n) is 13.8. The molecule has 39 heavy (non-hydrogen) atoms. The van der Waals surface area contributed by atoms with Crippen LogP contribution in [0.4, 0.5) is 11.4 Å². The number of aryl methyl sites for hydroxylation is 1. The van der Waals surface area contributed by atoms with Crippen molar-refractivity contribution in [2.75, 3.05) is 31.5 Å². The number of para-hydroxylation sites is 2. The molecule has 0 aliphatic carbocycles. The maximum Gasteiger partial charge on any atom is 0.124 e. The van der Waals surface area contributed by atoms with E-state index in [1.807, 2.05) is 6.07 Å². The molecule has 206 valence electrons. The van der Waals surface area contributed by atoms with Gasteiger partial charge in [0.15, 0.2) is 0 Å². The molecule has 0 bridgehead atoms. The van der Waals surface area contributed by atoms with E-state index in [4.69, 9.17) is 4.98 Å². The minimum atomic E-state index is 0. The van der Waals surface area contributed by atoms with Gasteiger partial charge in [-0.15, -0.1) is 12.4 Å². The lowest BCUT2D eigenvalue weighted by molar-refractivity contribution is 0.281. The van der Waals surface area contributed by atoms with E-state index in [2.05, 4.69) is 109 Å². The molecule has 7 heteroatoms. The zero-order valence-electron chi connectivity index (χ0n) is 23.7. The molecule has 5 aromatic rings. The largest absolute Gasteiger partial charge is 0.507 e. The van der Waals surface area contributed by atoms with Crippen molar-refractivity contribution < 1.29 is 5.11 Å². The zero-order chi connectivity index (χ0) is 26.8. The van der Waals surface area contributed by atoms with Crippen LogP contribution in [0.3, 0.4) is 0 Å². The minimum absolute atomic E-state index is 0. The highest BCUT2D eigenvalue weighted by atomic mass is 35.5. The summed E-state index contributed by atoms with van der Waals surface area (Å²) in [5.41, 5.74) is 8.11. The van der Waals surface area contributed by atoms with Gasteiger partial charge in [-0.1, -0.05) is 64.1 Å². The minimum Gasteiger partial charge on any atom is -0.507 e. The summed E-state index contributed by atoms with van der Waals surface area (Å²) >= 11 is 0. The normalized spacial score (nSPS) is 11.7. The number of nitrogens with zero attached hydrogens (tertiary/aromatic N) is 4. The lowest BCUT2D eigenvalue weighted by Crippen LogP contribution is -2.24. The number of aromatic hydroxyl groups is 1. The fraction of sp³-hybridized carbons (Fsp3) is 0.344. The van der Waals surface area contributed by atoms with Gasteiger partial charge >= 0.3 is 0 Å². The molecule has 0 atom stereocenters. The van der Waals surface area contributed by atoms with E-state index in [1.54, 1.807) is 0 Å².